The number of rotatable bonds is 5. The Morgan fingerprint density at radius 1 is 1.30 bits per heavy atom. The van der Waals surface area contributed by atoms with Crippen molar-refractivity contribution in [2.75, 3.05) is 25.6 Å². The molecule has 1 fully saturated rings. The van der Waals surface area contributed by atoms with E-state index >= 15 is 0 Å². The zero-order chi connectivity index (χ0) is 16.9. The number of hydrogen-bond donors (Lipinski definition) is 1. The first-order valence-corrected chi connectivity index (χ1v) is 8.35. The normalized spacial score (nSPS) is 15.9. The summed E-state index contributed by atoms with van der Waals surface area (Å²) in [6, 6.07) is 7.54. The lowest BCUT2D eigenvalue weighted by Crippen LogP contribution is -2.27. The van der Waals surface area contributed by atoms with E-state index in [0.29, 0.717) is 18.8 Å². The molecular formula is C14H16N4O4S. The number of nitrogens with one attached hydrogen (secondary N) is 1. The van der Waals surface area contributed by atoms with Crippen molar-refractivity contribution in [3.05, 3.63) is 24.3 Å². The van der Waals surface area contributed by atoms with E-state index in [4.69, 9.17) is 5.26 Å². The summed E-state index contributed by atoms with van der Waals surface area (Å²) in [7, 11) is -2.32. The van der Waals surface area contributed by atoms with Gasteiger partial charge in [-0.25, -0.2) is 13.2 Å². The summed E-state index contributed by atoms with van der Waals surface area (Å²) in [6.45, 7) is 1.08. The van der Waals surface area contributed by atoms with Gasteiger partial charge < -0.3 is 4.74 Å². The molecule has 1 aromatic carbocycles. The van der Waals surface area contributed by atoms with Gasteiger partial charge in [-0.3, -0.25) is 5.43 Å². The Morgan fingerprint density at radius 2 is 1.91 bits per heavy atom. The van der Waals surface area contributed by atoms with Crippen molar-refractivity contribution in [2.24, 2.45) is 5.10 Å². The molecule has 1 aliphatic heterocycles. The van der Waals surface area contributed by atoms with Crippen LogP contribution in [0.5, 0.6) is 0 Å². The van der Waals surface area contributed by atoms with Crippen LogP contribution in [0.4, 0.5) is 5.69 Å². The van der Waals surface area contributed by atoms with Crippen LogP contribution in [0.2, 0.25) is 0 Å². The van der Waals surface area contributed by atoms with E-state index < -0.39 is 21.7 Å². The summed E-state index contributed by atoms with van der Waals surface area (Å²) >= 11 is 0. The molecule has 0 amide bonds. The maximum absolute atomic E-state index is 12.4. The van der Waals surface area contributed by atoms with E-state index in [1.165, 1.54) is 28.6 Å². The van der Waals surface area contributed by atoms with Gasteiger partial charge in [0, 0.05) is 13.1 Å². The Morgan fingerprint density at radius 3 is 2.43 bits per heavy atom. The fourth-order valence-electron chi connectivity index (χ4n) is 2.11. The van der Waals surface area contributed by atoms with Crippen molar-refractivity contribution < 1.29 is 17.9 Å². The van der Waals surface area contributed by atoms with Crippen molar-refractivity contribution in [1.29, 1.82) is 5.26 Å². The number of carbonyl (C=O) groups is 1. The topological polar surface area (TPSA) is 112 Å². The minimum atomic E-state index is -3.47. The van der Waals surface area contributed by atoms with Crippen LogP contribution in [-0.2, 0) is 19.6 Å². The highest BCUT2D eigenvalue weighted by Gasteiger charge is 2.26. The van der Waals surface area contributed by atoms with Gasteiger partial charge in [0.25, 0.3) is 0 Å². The van der Waals surface area contributed by atoms with Gasteiger partial charge in [0.05, 0.1) is 17.7 Å². The summed E-state index contributed by atoms with van der Waals surface area (Å²) in [5.74, 6) is -0.853. The average Bonchev–Trinajstić information content (AvgIpc) is 3.11. The molecule has 0 radical (unpaired) electrons. The molecule has 0 saturated carbocycles. The lowest BCUT2D eigenvalue weighted by atomic mass is 10.3. The molecule has 1 N–H and O–H groups in total. The molecule has 1 saturated heterocycles. The Kier molecular flexibility index (Phi) is 5.31. The molecule has 0 aromatic heterocycles. The molecule has 9 heteroatoms. The van der Waals surface area contributed by atoms with E-state index in [1.54, 1.807) is 6.07 Å². The number of nitriles is 1. The van der Waals surface area contributed by atoms with Gasteiger partial charge >= 0.3 is 5.97 Å². The fourth-order valence-corrected chi connectivity index (χ4v) is 3.63. The molecule has 23 heavy (non-hydrogen) atoms. The molecule has 8 nitrogen and oxygen atoms in total. The van der Waals surface area contributed by atoms with Gasteiger partial charge in [-0.15, -0.1) is 0 Å². The van der Waals surface area contributed by atoms with Crippen molar-refractivity contribution in [3.8, 4) is 6.07 Å². The lowest BCUT2D eigenvalue weighted by Gasteiger charge is -2.15. The van der Waals surface area contributed by atoms with Crippen LogP contribution in [0.25, 0.3) is 0 Å². The number of methoxy groups -OCH3 is 1. The maximum Gasteiger partial charge on any atom is 0.369 e. The monoisotopic (exact) mass is 336 g/mol. The van der Waals surface area contributed by atoms with Crippen LogP contribution >= 0.6 is 0 Å². The second-order valence-electron chi connectivity index (χ2n) is 4.81. The number of carbonyl (C=O) groups excluding carboxylic acids is 1. The largest absolute Gasteiger partial charge is 0.464 e. The molecule has 122 valence electrons. The predicted molar refractivity (Wildman–Crippen MR) is 83.1 cm³/mol. The van der Waals surface area contributed by atoms with Crippen molar-refractivity contribution in [3.63, 3.8) is 0 Å². The molecule has 1 aromatic rings. The quantitative estimate of drug-likeness (QED) is 0.486. The Hall–Kier alpha value is -2.44. The van der Waals surface area contributed by atoms with Crippen LogP contribution in [0, 0.1) is 11.3 Å². The number of hydrogen-bond acceptors (Lipinski definition) is 7. The van der Waals surface area contributed by atoms with Crippen LogP contribution in [-0.4, -0.2) is 44.6 Å². The van der Waals surface area contributed by atoms with Crippen molar-refractivity contribution >= 4 is 27.4 Å². The smallest absolute Gasteiger partial charge is 0.369 e. The number of sulfonamides is 1. The van der Waals surface area contributed by atoms with Gasteiger partial charge in [0.1, 0.15) is 6.07 Å². The molecule has 0 unspecified atom stereocenters. The summed E-state index contributed by atoms with van der Waals surface area (Å²) in [5, 5.41) is 12.4. The van der Waals surface area contributed by atoms with Crippen LogP contribution in [0.15, 0.2) is 34.3 Å². The standard InChI is InChI=1S/C14H16N4O4S/c1-22-14(19)13(10-15)17-16-11-4-6-12(7-5-11)23(20,21)18-8-2-3-9-18/h4-7,16H,2-3,8-9H2,1H3. The van der Waals surface area contributed by atoms with Crippen molar-refractivity contribution in [2.45, 2.75) is 17.7 Å². The number of ether oxygens (including phenoxy) is 1. The second kappa shape index (κ2) is 7.21. The minimum absolute atomic E-state index is 0.197. The van der Waals surface area contributed by atoms with E-state index in [0.717, 1.165) is 20.0 Å². The average molecular weight is 336 g/mol. The molecule has 2 rings (SSSR count). The molecular weight excluding hydrogens is 320 g/mol. The molecule has 0 bridgehead atoms. The zero-order valence-corrected chi connectivity index (χ0v) is 13.3. The number of esters is 1. The first-order chi connectivity index (χ1) is 11.0. The van der Waals surface area contributed by atoms with E-state index in [1.807, 2.05) is 0 Å². The minimum Gasteiger partial charge on any atom is -0.464 e. The van der Waals surface area contributed by atoms with Crippen LogP contribution in [0.1, 0.15) is 12.8 Å². The number of nitrogens with zero attached hydrogens (tertiary/aromatic N) is 3. The lowest BCUT2D eigenvalue weighted by molar-refractivity contribution is -0.132. The SMILES string of the molecule is COC(=O)C(C#N)=NNc1ccc(S(=O)(=O)N2CCCC2)cc1. The second-order valence-corrected chi connectivity index (χ2v) is 6.75. The van der Waals surface area contributed by atoms with E-state index in [2.05, 4.69) is 15.3 Å². The number of benzene rings is 1. The van der Waals surface area contributed by atoms with Crippen LogP contribution < -0.4 is 5.43 Å². The highest BCUT2D eigenvalue weighted by molar-refractivity contribution is 7.89. The Labute approximate surface area is 134 Å². The molecule has 0 atom stereocenters. The zero-order valence-electron chi connectivity index (χ0n) is 12.5. The first-order valence-electron chi connectivity index (χ1n) is 6.91. The summed E-state index contributed by atoms with van der Waals surface area (Å²) in [5.41, 5.74) is 2.53. The number of hydrazone groups is 1. The molecule has 0 aliphatic carbocycles. The third-order valence-corrected chi connectivity index (χ3v) is 5.25. The van der Waals surface area contributed by atoms with Crippen LogP contribution in [0.3, 0.4) is 0 Å². The third kappa shape index (κ3) is 3.85. The van der Waals surface area contributed by atoms with E-state index in [9.17, 15) is 13.2 Å². The Bertz CT molecular complexity index is 744. The summed E-state index contributed by atoms with van der Waals surface area (Å²) in [6.07, 6.45) is 1.75. The highest BCUT2D eigenvalue weighted by atomic mass is 32.2. The predicted octanol–water partition coefficient (Wildman–Crippen LogP) is 0.936. The van der Waals surface area contributed by atoms with Gasteiger partial charge in [-0.1, -0.05) is 0 Å². The van der Waals surface area contributed by atoms with Crippen molar-refractivity contribution in [1.82, 2.24) is 4.31 Å². The number of anilines is 1. The van der Waals surface area contributed by atoms with Gasteiger partial charge in [0.15, 0.2) is 0 Å². The van der Waals surface area contributed by atoms with E-state index in [-0.39, 0.29) is 4.90 Å². The molecule has 1 heterocycles. The fraction of sp³-hybridized carbons (Fsp3) is 0.357. The first kappa shape index (κ1) is 16.9. The highest BCUT2D eigenvalue weighted by Crippen LogP contribution is 2.22. The summed E-state index contributed by atoms with van der Waals surface area (Å²) in [4.78, 5) is 11.4. The van der Waals surface area contributed by atoms with Gasteiger partial charge in [0.2, 0.25) is 15.7 Å². The summed E-state index contributed by atoms with van der Waals surface area (Å²) < 4.78 is 30.6. The van der Waals surface area contributed by atoms with Gasteiger partial charge in [-0.2, -0.15) is 14.7 Å². The van der Waals surface area contributed by atoms with Gasteiger partial charge in [-0.05, 0) is 37.1 Å². The Balaban J connectivity index is 2.12. The third-order valence-electron chi connectivity index (χ3n) is 3.34. The molecule has 1 aliphatic rings. The maximum atomic E-state index is 12.4. The molecule has 0 spiro atoms.